The Kier molecular flexibility index (Phi) is 23.1. The highest BCUT2D eigenvalue weighted by molar-refractivity contribution is 5.34. The summed E-state index contributed by atoms with van der Waals surface area (Å²) in [5.74, 6) is 0.791. The molecule has 0 aromatic heterocycles. The summed E-state index contributed by atoms with van der Waals surface area (Å²) < 4.78 is 0. The van der Waals surface area contributed by atoms with Gasteiger partial charge in [-0.1, -0.05) is 103 Å². The topological polar surface area (TPSA) is 3.24 Å². The highest BCUT2D eigenvalue weighted by Gasteiger charge is 2.16. The van der Waals surface area contributed by atoms with Crippen molar-refractivity contribution in [2.24, 2.45) is 5.92 Å². The monoisotopic (exact) mass is 497 g/mol. The van der Waals surface area contributed by atoms with Crippen molar-refractivity contribution in [2.45, 2.75) is 138 Å². The molecule has 1 aliphatic heterocycles. The smallest absolute Gasteiger partial charge is 0.00102 e. The minimum Gasteiger partial charge on any atom is -0.303 e. The Morgan fingerprint density at radius 1 is 0.833 bits per heavy atom. The zero-order valence-corrected chi connectivity index (χ0v) is 25.5. The lowest BCUT2D eigenvalue weighted by molar-refractivity contribution is 0.287. The van der Waals surface area contributed by atoms with Gasteiger partial charge in [0, 0.05) is 6.54 Å². The van der Waals surface area contributed by atoms with Crippen LogP contribution in [0.4, 0.5) is 0 Å². The molecule has 1 heteroatoms. The molecule has 1 saturated carbocycles. The van der Waals surface area contributed by atoms with E-state index < -0.39 is 0 Å². The molecule has 1 nitrogen and oxygen atoms in total. The Balaban J connectivity index is 0.000000595. The predicted octanol–water partition coefficient (Wildman–Crippen LogP) is 10.8. The summed E-state index contributed by atoms with van der Waals surface area (Å²) in [5.41, 5.74) is 6.05. The van der Waals surface area contributed by atoms with Gasteiger partial charge in [-0.15, -0.1) is 13.2 Å². The van der Waals surface area contributed by atoms with Crippen LogP contribution in [-0.4, -0.2) is 24.5 Å². The quantitative estimate of drug-likeness (QED) is 0.338. The molecule has 1 unspecified atom stereocenters. The van der Waals surface area contributed by atoms with Crippen molar-refractivity contribution >= 4 is 0 Å². The molecule has 1 aromatic rings. The molecule has 3 aliphatic rings. The van der Waals surface area contributed by atoms with E-state index in [1.807, 2.05) is 40.7 Å². The van der Waals surface area contributed by atoms with E-state index in [0.29, 0.717) is 0 Å². The molecule has 1 aromatic carbocycles. The van der Waals surface area contributed by atoms with Gasteiger partial charge >= 0.3 is 0 Å². The number of hydrogen-bond donors (Lipinski definition) is 0. The van der Waals surface area contributed by atoms with Gasteiger partial charge in [0.2, 0.25) is 0 Å². The zero-order valence-electron chi connectivity index (χ0n) is 25.5. The van der Waals surface area contributed by atoms with Gasteiger partial charge in [0.05, 0.1) is 0 Å². The third kappa shape index (κ3) is 17.2. The maximum atomic E-state index is 3.74. The van der Waals surface area contributed by atoms with Gasteiger partial charge in [-0.25, -0.2) is 0 Å². The van der Waals surface area contributed by atoms with E-state index in [4.69, 9.17) is 0 Å². The van der Waals surface area contributed by atoms with Gasteiger partial charge in [0.15, 0.2) is 0 Å². The van der Waals surface area contributed by atoms with E-state index in [1.54, 1.807) is 16.7 Å². The van der Waals surface area contributed by atoms with Crippen molar-refractivity contribution < 1.29 is 0 Å². The standard InChI is InChI=1S/C18H27N.C7H12.C6H12.2C2H6/c1-15(14-19-10-4-5-11-19)12-16-8-9-17-6-2-3-7-18(17)13-16;1-4-5-6-7(2)3;1-2-4-6-5-3-1;2*1-2/h8-9,13,15H,2-7,10-12,14H2,1H3;4H,1-2,5-6H2,3H3;1-6H2;2*1-2H3. The van der Waals surface area contributed by atoms with Crippen LogP contribution in [0.25, 0.3) is 0 Å². The van der Waals surface area contributed by atoms with Crippen molar-refractivity contribution in [3.8, 4) is 0 Å². The van der Waals surface area contributed by atoms with Gasteiger partial charge in [0.25, 0.3) is 0 Å². The van der Waals surface area contributed by atoms with Crippen LogP contribution in [0.3, 0.4) is 0 Å². The van der Waals surface area contributed by atoms with Crippen LogP contribution in [0.5, 0.6) is 0 Å². The fraction of sp³-hybridized carbons (Fsp3) is 0.714. The van der Waals surface area contributed by atoms with E-state index in [2.05, 4.69) is 43.2 Å². The van der Waals surface area contributed by atoms with Crippen molar-refractivity contribution in [1.29, 1.82) is 0 Å². The summed E-state index contributed by atoms with van der Waals surface area (Å²) >= 11 is 0. The number of hydrogen-bond acceptors (Lipinski definition) is 1. The van der Waals surface area contributed by atoms with Gasteiger partial charge in [-0.05, 0) is 100 Å². The lowest BCUT2D eigenvalue weighted by Gasteiger charge is -2.21. The Morgan fingerprint density at radius 2 is 1.36 bits per heavy atom. The van der Waals surface area contributed by atoms with Crippen LogP contribution < -0.4 is 0 Å². The molecule has 4 rings (SSSR count). The predicted molar refractivity (Wildman–Crippen MR) is 166 cm³/mol. The van der Waals surface area contributed by atoms with Crippen molar-refractivity contribution in [3.05, 3.63) is 59.7 Å². The Hall–Kier alpha value is -1.34. The van der Waals surface area contributed by atoms with Crippen molar-refractivity contribution in [1.82, 2.24) is 4.90 Å². The molecule has 2 fully saturated rings. The molecule has 1 heterocycles. The van der Waals surface area contributed by atoms with Crippen LogP contribution in [0.15, 0.2) is 43.0 Å². The molecule has 0 bridgehead atoms. The fourth-order valence-electron chi connectivity index (χ4n) is 5.20. The number of benzene rings is 1. The first kappa shape index (κ1) is 34.7. The Bertz CT molecular complexity index is 637. The summed E-state index contributed by atoms with van der Waals surface area (Å²) in [5, 5.41) is 0. The largest absolute Gasteiger partial charge is 0.303 e. The molecule has 208 valence electrons. The second-order valence-corrected chi connectivity index (χ2v) is 10.5. The maximum Gasteiger partial charge on any atom is 0.00102 e. The summed E-state index contributed by atoms with van der Waals surface area (Å²) in [6.45, 7) is 23.7. The minimum atomic E-state index is 0.791. The van der Waals surface area contributed by atoms with Crippen LogP contribution in [0.1, 0.15) is 135 Å². The molecule has 0 radical (unpaired) electrons. The van der Waals surface area contributed by atoms with E-state index in [0.717, 1.165) is 18.8 Å². The SMILES string of the molecule is C1CCCCC1.C=CCCC(=C)C.CC.CC.CC(Cc1ccc2c(c1)CCCC2)CN1CCCC1. The molecule has 0 N–H and O–H groups in total. The normalized spacial score (nSPS) is 17.2. The number of fused-ring (bicyclic) bond motifs is 1. The van der Waals surface area contributed by atoms with Crippen molar-refractivity contribution in [3.63, 3.8) is 0 Å². The summed E-state index contributed by atoms with van der Waals surface area (Å²) in [4.78, 5) is 2.64. The van der Waals surface area contributed by atoms with Crippen molar-refractivity contribution in [2.75, 3.05) is 19.6 Å². The zero-order chi connectivity index (χ0) is 27.0. The molecule has 1 atom stereocenters. The number of nitrogens with zero attached hydrogens (tertiary/aromatic N) is 1. The van der Waals surface area contributed by atoms with Crippen LogP contribution in [0.2, 0.25) is 0 Å². The molecular weight excluding hydrogens is 434 g/mol. The fourth-order valence-corrected chi connectivity index (χ4v) is 5.20. The second-order valence-electron chi connectivity index (χ2n) is 10.5. The van der Waals surface area contributed by atoms with Gasteiger partial charge in [-0.3, -0.25) is 0 Å². The molecular formula is C35H63N. The lowest BCUT2D eigenvalue weighted by Crippen LogP contribution is -2.26. The maximum absolute atomic E-state index is 3.74. The minimum absolute atomic E-state index is 0.791. The lowest BCUT2D eigenvalue weighted by atomic mass is 9.88. The molecule has 2 aliphatic carbocycles. The first-order chi connectivity index (χ1) is 17.6. The third-order valence-electron chi connectivity index (χ3n) is 7.04. The second kappa shape index (κ2) is 24.0. The number of aryl methyl sites for hydroxylation is 2. The van der Waals surface area contributed by atoms with E-state index >= 15 is 0 Å². The van der Waals surface area contributed by atoms with E-state index in [9.17, 15) is 0 Å². The number of rotatable bonds is 7. The Morgan fingerprint density at radius 3 is 1.83 bits per heavy atom. The highest BCUT2D eigenvalue weighted by Crippen LogP contribution is 2.24. The highest BCUT2D eigenvalue weighted by atomic mass is 15.1. The van der Waals surface area contributed by atoms with E-state index in [-0.39, 0.29) is 0 Å². The van der Waals surface area contributed by atoms with Crippen LogP contribution >= 0.6 is 0 Å². The third-order valence-corrected chi connectivity index (χ3v) is 7.04. The summed E-state index contributed by atoms with van der Waals surface area (Å²) in [7, 11) is 0. The molecule has 1 saturated heterocycles. The molecule has 0 spiro atoms. The first-order valence-electron chi connectivity index (χ1n) is 15.7. The van der Waals surface area contributed by atoms with Gasteiger partial charge < -0.3 is 4.90 Å². The van der Waals surface area contributed by atoms with Gasteiger partial charge in [-0.2, -0.15) is 0 Å². The van der Waals surface area contributed by atoms with Crippen LogP contribution in [-0.2, 0) is 19.3 Å². The molecule has 36 heavy (non-hydrogen) atoms. The summed E-state index contributed by atoms with van der Waals surface area (Å²) in [6.07, 6.45) is 22.5. The number of likely N-dealkylation sites (tertiary alicyclic amines) is 1. The average Bonchev–Trinajstić information content (AvgIpc) is 3.44. The Labute approximate surface area is 227 Å². The number of allylic oxidation sites excluding steroid dienone is 2. The van der Waals surface area contributed by atoms with E-state index in [1.165, 1.54) is 109 Å². The first-order valence-corrected chi connectivity index (χ1v) is 15.7. The average molecular weight is 498 g/mol. The molecule has 0 amide bonds. The van der Waals surface area contributed by atoms with Gasteiger partial charge in [0.1, 0.15) is 0 Å². The van der Waals surface area contributed by atoms with Crippen LogP contribution in [0, 0.1) is 5.92 Å². The summed E-state index contributed by atoms with van der Waals surface area (Å²) in [6, 6.07) is 7.27.